The molecule has 0 fully saturated rings. The van der Waals surface area contributed by atoms with Crippen molar-refractivity contribution < 1.29 is 14.3 Å². The fraction of sp³-hybridized carbons (Fsp3) is 0.231. The van der Waals surface area contributed by atoms with Crippen LogP contribution in [0.5, 0.6) is 11.5 Å². The van der Waals surface area contributed by atoms with Gasteiger partial charge in [-0.2, -0.15) is 0 Å². The average Bonchev–Trinajstić information content (AvgIpc) is 3.05. The van der Waals surface area contributed by atoms with Crippen LogP contribution in [0.15, 0.2) is 24.4 Å². The largest absolute Gasteiger partial charge is 0.454 e. The van der Waals surface area contributed by atoms with E-state index in [1.807, 2.05) is 25.1 Å². The van der Waals surface area contributed by atoms with Gasteiger partial charge in [-0.1, -0.05) is 6.07 Å². The lowest BCUT2D eigenvalue weighted by molar-refractivity contribution is 0.0935. The lowest BCUT2D eigenvalue weighted by atomic mass is 10.1. The molecule has 3 rings (SSSR count). The highest BCUT2D eigenvalue weighted by molar-refractivity contribution is 7.71. The van der Waals surface area contributed by atoms with Gasteiger partial charge in [-0.25, -0.2) is 0 Å². The van der Waals surface area contributed by atoms with Gasteiger partial charge in [0.25, 0.3) is 5.91 Å². The Labute approximate surface area is 120 Å². The van der Waals surface area contributed by atoms with Gasteiger partial charge in [-0.05, 0) is 36.8 Å². The van der Waals surface area contributed by atoms with Gasteiger partial charge in [0.2, 0.25) is 6.79 Å². The van der Waals surface area contributed by atoms with E-state index in [-0.39, 0.29) is 18.7 Å². The van der Waals surface area contributed by atoms with Crippen LogP contribution in [-0.2, 0) is 0 Å². The second-order valence-electron chi connectivity index (χ2n) is 4.46. The molecule has 0 spiro atoms. The van der Waals surface area contributed by atoms with Crippen molar-refractivity contribution in [3.63, 3.8) is 0 Å². The topological polar surface area (TPSA) is 79.1 Å². The monoisotopic (exact) mass is 291 g/mol. The molecule has 20 heavy (non-hydrogen) atoms. The zero-order chi connectivity index (χ0) is 14.1. The molecule has 1 aliphatic rings. The van der Waals surface area contributed by atoms with Crippen molar-refractivity contribution in [2.75, 3.05) is 6.79 Å². The van der Waals surface area contributed by atoms with Gasteiger partial charge in [0.1, 0.15) is 5.69 Å². The molecule has 0 bridgehead atoms. The lowest BCUT2D eigenvalue weighted by Gasteiger charge is -2.14. The molecule has 3 N–H and O–H groups in total. The summed E-state index contributed by atoms with van der Waals surface area (Å²) in [5.74, 6) is 1.20. The van der Waals surface area contributed by atoms with E-state index in [1.165, 1.54) is 0 Å². The van der Waals surface area contributed by atoms with Crippen molar-refractivity contribution in [2.45, 2.75) is 13.0 Å². The molecule has 104 valence electrons. The van der Waals surface area contributed by atoms with E-state index in [4.69, 9.17) is 21.7 Å². The van der Waals surface area contributed by atoms with E-state index in [1.54, 1.807) is 6.20 Å². The molecule has 7 heteroatoms. The van der Waals surface area contributed by atoms with Crippen LogP contribution in [-0.4, -0.2) is 22.7 Å². The number of amides is 1. The van der Waals surface area contributed by atoms with Crippen molar-refractivity contribution in [1.29, 1.82) is 0 Å². The highest BCUT2D eigenvalue weighted by Gasteiger charge is 2.17. The highest BCUT2D eigenvalue weighted by Crippen LogP contribution is 2.34. The number of carbonyl (C=O) groups excluding carboxylic acids is 1. The normalized spacial score (nSPS) is 14.1. The molecule has 1 atom stereocenters. The van der Waals surface area contributed by atoms with E-state index in [2.05, 4.69) is 15.3 Å². The molecular formula is C13H13N3O3S. The summed E-state index contributed by atoms with van der Waals surface area (Å²) in [6, 6.07) is 5.45. The van der Waals surface area contributed by atoms with Crippen LogP contribution in [0.2, 0.25) is 0 Å². The summed E-state index contributed by atoms with van der Waals surface area (Å²) in [4.78, 5) is 17.5. The Hall–Kier alpha value is -2.28. The molecular weight excluding hydrogens is 278 g/mol. The number of hydrogen-bond acceptors (Lipinski definition) is 4. The van der Waals surface area contributed by atoms with Crippen molar-refractivity contribution in [3.05, 3.63) is 40.4 Å². The van der Waals surface area contributed by atoms with E-state index >= 15 is 0 Å². The quantitative estimate of drug-likeness (QED) is 0.758. The van der Waals surface area contributed by atoms with Gasteiger partial charge in [0.15, 0.2) is 16.3 Å². The van der Waals surface area contributed by atoms with E-state index in [0.717, 1.165) is 11.3 Å². The first-order valence-corrected chi connectivity index (χ1v) is 6.52. The highest BCUT2D eigenvalue weighted by atomic mass is 32.1. The van der Waals surface area contributed by atoms with Gasteiger partial charge >= 0.3 is 0 Å². The minimum absolute atomic E-state index is 0.158. The fourth-order valence-electron chi connectivity index (χ4n) is 1.99. The Bertz CT molecular complexity index is 707. The minimum Gasteiger partial charge on any atom is -0.454 e. The van der Waals surface area contributed by atoms with Crippen LogP contribution >= 0.6 is 12.2 Å². The molecule has 1 amide bonds. The Morgan fingerprint density at radius 1 is 1.40 bits per heavy atom. The predicted octanol–water partition coefficient (Wildman–Crippen LogP) is 2.29. The maximum absolute atomic E-state index is 12.0. The summed E-state index contributed by atoms with van der Waals surface area (Å²) in [6.07, 6.45) is 1.55. The third kappa shape index (κ3) is 2.39. The molecule has 0 saturated carbocycles. The maximum Gasteiger partial charge on any atom is 0.269 e. The second kappa shape index (κ2) is 5.01. The van der Waals surface area contributed by atoms with Gasteiger partial charge < -0.3 is 24.8 Å². The van der Waals surface area contributed by atoms with Crippen molar-refractivity contribution >= 4 is 18.1 Å². The number of nitrogens with one attached hydrogen (secondary N) is 3. The molecule has 0 saturated heterocycles. The number of fused-ring (bicyclic) bond motifs is 1. The van der Waals surface area contributed by atoms with Crippen molar-refractivity contribution in [2.24, 2.45) is 0 Å². The second-order valence-corrected chi connectivity index (χ2v) is 4.87. The lowest BCUT2D eigenvalue weighted by Crippen LogP contribution is -2.26. The van der Waals surface area contributed by atoms with E-state index < -0.39 is 0 Å². The third-order valence-corrected chi connectivity index (χ3v) is 3.30. The zero-order valence-electron chi connectivity index (χ0n) is 10.7. The Morgan fingerprint density at radius 3 is 2.95 bits per heavy atom. The number of aromatic nitrogens is 2. The summed E-state index contributed by atoms with van der Waals surface area (Å²) in [7, 11) is 0. The zero-order valence-corrected chi connectivity index (χ0v) is 11.5. The first-order chi connectivity index (χ1) is 9.63. The van der Waals surface area contributed by atoms with Gasteiger partial charge in [-0.3, -0.25) is 4.79 Å². The Morgan fingerprint density at radius 2 is 2.20 bits per heavy atom. The molecule has 2 heterocycles. The van der Waals surface area contributed by atoms with Crippen LogP contribution < -0.4 is 14.8 Å². The van der Waals surface area contributed by atoms with Crippen LogP contribution in [0.3, 0.4) is 0 Å². The van der Waals surface area contributed by atoms with E-state index in [9.17, 15) is 4.79 Å². The first-order valence-electron chi connectivity index (χ1n) is 6.11. The minimum atomic E-state index is -0.220. The number of hydrogen-bond donors (Lipinski definition) is 3. The van der Waals surface area contributed by atoms with Crippen LogP contribution in [0.4, 0.5) is 0 Å². The van der Waals surface area contributed by atoms with E-state index in [0.29, 0.717) is 16.2 Å². The summed E-state index contributed by atoms with van der Waals surface area (Å²) in [5, 5.41) is 2.88. The van der Waals surface area contributed by atoms with Gasteiger partial charge in [-0.15, -0.1) is 0 Å². The van der Waals surface area contributed by atoms with Crippen LogP contribution in [0, 0.1) is 4.77 Å². The Balaban J connectivity index is 1.74. The molecule has 0 radical (unpaired) electrons. The summed E-state index contributed by atoms with van der Waals surface area (Å²) >= 11 is 4.89. The number of carbonyl (C=O) groups is 1. The SMILES string of the molecule is C[C@H](NC(=O)c1c[nH]c(=S)[nH]1)c1ccc2c(c1)OCO2. The average molecular weight is 291 g/mol. The number of H-pyrrole nitrogens is 2. The summed E-state index contributed by atoms with van der Waals surface area (Å²) in [6.45, 7) is 2.14. The smallest absolute Gasteiger partial charge is 0.269 e. The van der Waals surface area contributed by atoms with Crippen molar-refractivity contribution in [3.8, 4) is 11.5 Å². The summed E-state index contributed by atoms with van der Waals surface area (Å²) in [5.41, 5.74) is 1.35. The molecule has 0 unspecified atom stereocenters. The van der Waals surface area contributed by atoms with Crippen molar-refractivity contribution in [1.82, 2.24) is 15.3 Å². The van der Waals surface area contributed by atoms with Gasteiger partial charge in [0, 0.05) is 6.20 Å². The van der Waals surface area contributed by atoms with Gasteiger partial charge in [0.05, 0.1) is 6.04 Å². The first kappa shape index (κ1) is 12.7. The summed E-state index contributed by atoms with van der Waals surface area (Å²) < 4.78 is 11.0. The number of imidazole rings is 1. The maximum atomic E-state index is 12.0. The number of rotatable bonds is 3. The molecule has 1 aromatic carbocycles. The molecule has 2 aromatic rings. The van der Waals surface area contributed by atoms with Crippen LogP contribution in [0.1, 0.15) is 29.0 Å². The molecule has 6 nitrogen and oxygen atoms in total. The number of benzene rings is 1. The molecule has 1 aromatic heterocycles. The third-order valence-electron chi connectivity index (χ3n) is 3.08. The molecule has 1 aliphatic heterocycles. The molecule has 0 aliphatic carbocycles. The number of aromatic amines is 2. The number of ether oxygens (including phenoxy) is 2. The van der Waals surface area contributed by atoms with Crippen LogP contribution in [0.25, 0.3) is 0 Å². The standard InChI is InChI=1S/C13H13N3O3S/c1-7(15-12(17)9-5-14-13(20)16-9)8-2-3-10-11(4-8)19-6-18-10/h2-5,7H,6H2,1H3,(H,15,17)(H2,14,16,20)/t7-/m0/s1. The Kier molecular flexibility index (Phi) is 3.19. The fourth-order valence-corrected chi connectivity index (χ4v) is 2.16. The predicted molar refractivity (Wildman–Crippen MR) is 74.4 cm³/mol.